The summed E-state index contributed by atoms with van der Waals surface area (Å²) in [7, 11) is 0. The van der Waals surface area contributed by atoms with Crippen molar-refractivity contribution in [1.29, 1.82) is 0 Å². The average Bonchev–Trinajstić information content (AvgIpc) is 2.43. The van der Waals surface area contributed by atoms with Crippen LogP contribution < -0.4 is 0 Å². The Morgan fingerprint density at radius 1 is 1.18 bits per heavy atom. The molecule has 22 heavy (non-hydrogen) atoms. The maximum absolute atomic E-state index is 10.3. The van der Waals surface area contributed by atoms with Crippen molar-refractivity contribution in [3.05, 3.63) is 58.7 Å². The van der Waals surface area contributed by atoms with Gasteiger partial charge in [-0.2, -0.15) is 0 Å². The van der Waals surface area contributed by atoms with E-state index in [-0.39, 0.29) is 11.5 Å². The largest absolute Gasteiger partial charge is 0.389 e. The summed E-state index contributed by atoms with van der Waals surface area (Å²) >= 11 is 0. The maximum Gasteiger partial charge on any atom is 0.143 e. The topological polar surface area (TPSA) is 37.3 Å². The minimum atomic E-state index is -0.312. The summed E-state index contributed by atoms with van der Waals surface area (Å²) < 4.78 is 0. The van der Waals surface area contributed by atoms with Gasteiger partial charge in [-0.3, -0.25) is 4.79 Å². The van der Waals surface area contributed by atoms with E-state index in [1.165, 1.54) is 11.6 Å². The van der Waals surface area contributed by atoms with Crippen LogP contribution in [0.2, 0.25) is 0 Å². The van der Waals surface area contributed by atoms with Crippen LogP contribution in [0.3, 0.4) is 0 Å². The zero-order valence-corrected chi connectivity index (χ0v) is 14.4. The average molecular weight is 300 g/mol. The smallest absolute Gasteiger partial charge is 0.143 e. The fraction of sp³-hybridized carbons (Fsp3) is 0.450. The molecule has 120 valence electrons. The summed E-state index contributed by atoms with van der Waals surface area (Å²) in [6.07, 6.45) is 13.9. The van der Waals surface area contributed by atoms with Crippen LogP contribution in [-0.2, 0) is 4.79 Å². The molecule has 1 atom stereocenters. The summed E-state index contributed by atoms with van der Waals surface area (Å²) in [4.78, 5) is 10.3. The Morgan fingerprint density at radius 3 is 2.45 bits per heavy atom. The first-order valence-corrected chi connectivity index (χ1v) is 7.82. The normalized spacial score (nSPS) is 23.6. The highest BCUT2D eigenvalue weighted by atomic mass is 16.3. The lowest BCUT2D eigenvalue weighted by atomic mass is 9.71. The summed E-state index contributed by atoms with van der Waals surface area (Å²) in [5, 5.41) is 10.0. The first-order valence-electron chi connectivity index (χ1n) is 7.82. The van der Waals surface area contributed by atoms with Gasteiger partial charge in [-0.15, -0.1) is 0 Å². The van der Waals surface area contributed by atoms with Crippen molar-refractivity contribution in [2.75, 3.05) is 0 Å². The molecule has 0 bridgehead atoms. The highest BCUT2D eigenvalue weighted by molar-refractivity contribution is 5.66. The second-order valence-corrected chi connectivity index (χ2v) is 6.68. The monoisotopic (exact) mass is 300 g/mol. The molecule has 0 aromatic rings. The van der Waals surface area contributed by atoms with Crippen LogP contribution in [0, 0.1) is 5.41 Å². The van der Waals surface area contributed by atoms with Crippen LogP contribution in [0.4, 0.5) is 0 Å². The molecule has 0 radical (unpaired) electrons. The molecule has 1 rings (SSSR count). The number of allylic oxidation sites excluding steroid dienone is 9. The van der Waals surface area contributed by atoms with E-state index in [2.05, 4.69) is 26.0 Å². The van der Waals surface area contributed by atoms with Crippen molar-refractivity contribution in [2.45, 2.75) is 53.6 Å². The van der Waals surface area contributed by atoms with E-state index in [1.54, 1.807) is 0 Å². The summed E-state index contributed by atoms with van der Waals surface area (Å²) in [5.41, 5.74) is 4.49. The van der Waals surface area contributed by atoms with E-state index in [4.69, 9.17) is 0 Å². The Labute approximate surface area is 134 Å². The Morgan fingerprint density at radius 2 is 1.82 bits per heavy atom. The number of aliphatic hydroxyl groups excluding tert-OH is 1. The Hall–Kier alpha value is -1.67. The van der Waals surface area contributed by atoms with Crippen LogP contribution in [-0.4, -0.2) is 17.5 Å². The SMILES string of the molecule is CC1=C(/C=C/C(C)=C/C=C\C(C)=C\C=O)C(C)(C)CC[C@H]1O. The van der Waals surface area contributed by atoms with Gasteiger partial charge in [0.1, 0.15) is 6.29 Å². The zero-order valence-electron chi connectivity index (χ0n) is 14.4. The van der Waals surface area contributed by atoms with E-state index in [0.29, 0.717) is 0 Å². The molecular weight excluding hydrogens is 272 g/mol. The van der Waals surface area contributed by atoms with Gasteiger partial charge in [0.25, 0.3) is 0 Å². The molecular formula is C20H28O2. The second kappa shape index (κ2) is 8.09. The number of aliphatic hydroxyl groups is 1. The number of carbonyl (C=O) groups excluding carboxylic acids is 1. The summed E-state index contributed by atoms with van der Waals surface area (Å²) in [6, 6.07) is 0. The van der Waals surface area contributed by atoms with Gasteiger partial charge in [0, 0.05) is 0 Å². The fourth-order valence-electron chi connectivity index (χ4n) is 2.70. The highest BCUT2D eigenvalue weighted by Gasteiger charge is 2.30. The molecule has 2 nitrogen and oxygen atoms in total. The number of hydrogen-bond donors (Lipinski definition) is 1. The standard InChI is InChI=1S/C20H28O2/c1-15(7-6-8-16(2)12-14-21)9-10-18-17(3)19(22)11-13-20(18,4)5/h6-10,12,14,19,22H,11,13H2,1-5H3/b8-6-,10-9+,15-7+,16-12+/t19-/m1/s1. The third kappa shape index (κ3) is 5.27. The summed E-state index contributed by atoms with van der Waals surface area (Å²) in [5.74, 6) is 0. The van der Waals surface area contributed by atoms with Gasteiger partial charge in [-0.1, -0.05) is 49.8 Å². The first-order chi connectivity index (χ1) is 10.3. The minimum Gasteiger partial charge on any atom is -0.389 e. The zero-order chi connectivity index (χ0) is 16.8. The Balaban J connectivity index is 2.88. The fourth-order valence-corrected chi connectivity index (χ4v) is 2.70. The molecule has 1 N–H and O–H groups in total. The van der Waals surface area contributed by atoms with Crippen LogP contribution >= 0.6 is 0 Å². The summed E-state index contributed by atoms with van der Waals surface area (Å²) in [6.45, 7) is 10.4. The predicted molar refractivity (Wildman–Crippen MR) is 93.6 cm³/mol. The third-order valence-electron chi connectivity index (χ3n) is 4.26. The second-order valence-electron chi connectivity index (χ2n) is 6.68. The molecule has 0 unspecified atom stereocenters. The molecule has 0 saturated carbocycles. The number of aldehydes is 1. The first kappa shape index (κ1) is 18.4. The molecule has 1 aliphatic carbocycles. The predicted octanol–water partition coefficient (Wildman–Crippen LogP) is 4.69. The van der Waals surface area contributed by atoms with Crippen molar-refractivity contribution in [1.82, 2.24) is 0 Å². The van der Waals surface area contributed by atoms with Gasteiger partial charge < -0.3 is 5.11 Å². The lowest BCUT2D eigenvalue weighted by molar-refractivity contribution is -0.104. The highest BCUT2D eigenvalue weighted by Crippen LogP contribution is 2.40. The van der Waals surface area contributed by atoms with Crippen molar-refractivity contribution >= 4 is 6.29 Å². The molecule has 2 heteroatoms. The third-order valence-corrected chi connectivity index (χ3v) is 4.26. The van der Waals surface area contributed by atoms with Gasteiger partial charge in [-0.25, -0.2) is 0 Å². The minimum absolute atomic E-state index is 0.110. The number of hydrogen-bond acceptors (Lipinski definition) is 2. The number of carbonyl (C=O) groups is 1. The van der Waals surface area contributed by atoms with Crippen LogP contribution in [0.25, 0.3) is 0 Å². The van der Waals surface area contributed by atoms with Crippen molar-refractivity contribution in [2.24, 2.45) is 5.41 Å². The van der Waals surface area contributed by atoms with E-state index >= 15 is 0 Å². The molecule has 0 spiro atoms. The lowest BCUT2D eigenvalue weighted by Gasteiger charge is -2.35. The molecule has 0 aliphatic heterocycles. The van der Waals surface area contributed by atoms with Crippen LogP contribution in [0.1, 0.15) is 47.5 Å². The molecule has 0 aromatic carbocycles. The molecule has 0 heterocycles. The number of rotatable bonds is 5. The molecule has 0 amide bonds. The van der Waals surface area contributed by atoms with Crippen LogP contribution in [0.5, 0.6) is 0 Å². The van der Waals surface area contributed by atoms with Crippen molar-refractivity contribution < 1.29 is 9.90 Å². The van der Waals surface area contributed by atoms with E-state index in [1.807, 2.05) is 39.0 Å². The van der Waals surface area contributed by atoms with Gasteiger partial charge >= 0.3 is 0 Å². The maximum atomic E-state index is 10.3. The van der Waals surface area contributed by atoms with Gasteiger partial charge in [0.15, 0.2) is 0 Å². The molecule has 1 aliphatic rings. The van der Waals surface area contributed by atoms with E-state index in [0.717, 1.165) is 35.8 Å². The van der Waals surface area contributed by atoms with Crippen LogP contribution in [0.15, 0.2) is 58.7 Å². The quantitative estimate of drug-likeness (QED) is 0.454. The van der Waals surface area contributed by atoms with E-state index < -0.39 is 0 Å². The van der Waals surface area contributed by atoms with Gasteiger partial charge in [-0.05, 0) is 61.8 Å². The van der Waals surface area contributed by atoms with Gasteiger partial charge in [0.05, 0.1) is 6.10 Å². The van der Waals surface area contributed by atoms with E-state index in [9.17, 15) is 9.90 Å². The van der Waals surface area contributed by atoms with Gasteiger partial charge in [0.2, 0.25) is 0 Å². The van der Waals surface area contributed by atoms with Crippen molar-refractivity contribution in [3.63, 3.8) is 0 Å². The van der Waals surface area contributed by atoms with Crippen molar-refractivity contribution in [3.8, 4) is 0 Å². The lowest BCUT2D eigenvalue weighted by Crippen LogP contribution is -2.27. The molecule has 0 fully saturated rings. The Kier molecular flexibility index (Phi) is 6.76. The molecule has 0 aromatic heterocycles. The molecule has 0 saturated heterocycles. The Bertz CT molecular complexity index is 554.